The Hall–Kier alpha value is -3.37. The Morgan fingerprint density at radius 3 is 2.75 bits per heavy atom. The number of aliphatic hydroxyl groups excluding tert-OH is 2. The van der Waals surface area contributed by atoms with Gasteiger partial charge < -0.3 is 25.0 Å². The number of aromatic amines is 1. The first-order valence-electron chi connectivity index (χ1n) is 9.09. The van der Waals surface area contributed by atoms with Crippen LogP contribution in [0.2, 0.25) is 0 Å². The molecule has 3 aromatic rings. The summed E-state index contributed by atoms with van der Waals surface area (Å²) in [4.78, 5) is 34.0. The number of fused-ring (bicyclic) bond motifs is 1. The Morgan fingerprint density at radius 2 is 2.00 bits per heavy atom. The Kier molecular flexibility index (Phi) is 5.66. The van der Waals surface area contributed by atoms with Crippen molar-refractivity contribution in [3.05, 3.63) is 52.8 Å². The van der Waals surface area contributed by atoms with Gasteiger partial charge in [-0.2, -0.15) is 8.42 Å². The van der Waals surface area contributed by atoms with Crippen molar-refractivity contribution in [3.8, 4) is 5.75 Å². The van der Waals surface area contributed by atoms with Crippen LogP contribution in [-0.2, 0) is 19.2 Å². The zero-order valence-electron chi connectivity index (χ0n) is 16.0. The molecule has 5 N–H and O–H groups in total. The summed E-state index contributed by atoms with van der Waals surface area (Å²) < 4.78 is 37.2. The third kappa shape index (κ3) is 4.06. The molecule has 3 heterocycles. The van der Waals surface area contributed by atoms with Crippen molar-refractivity contribution in [1.82, 2.24) is 24.2 Å². The number of aromatic hydroxyl groups is 1. The van der Waals surface area contributed by atoms with E-state index in [1.807, 2.05) is 0 Å². The highest BCUT2D eigenvalue weighted by Crippen LogP contribution is 2.31. The van der Waals surface area contributed by atoms with Crippen molar-refractivity contribution in [3.63, 3.8) is 0 Å². The monoisotopic (exact) mass is 467 g/mol. The molecule has 4 atom stereocenters. The number of aliphatic hydroxyl groups is 2. The molecule has 1 aromatic carbocycles. The number of phenolic OH excluding ortho intramolecular Hbond substituents is 1. The number of nitrogens with one attached hydrogen (secondary N) is 2. The number of para-hydroxylation sites is 1. The molecule has 1 saturated heterocycles. The van der Waals surface area contributed by atoms with E-state index in [0.717, 1.165) is 6.33 Å². The number of hydrogen-bond donors (Lipinski definition) is 5. The van der Waals surface area contributed by atoms with Crippen LogP contribution >= 0.6 is 0 Å². The quantitative estimate of drug-likeness (QED) is 0.271. The Labute approximate surface area is 179 Å². The maximum atomic E-state index is 12.1. The number of aromatic nitrogens is 4. The van der Waals surface area contributed by atoms with Crippen molar-refractivity contribution in [1.29, 1.82) is 0 Å². The number of imidazole rings is 1. The van der Waals surface area contributed by atoms with E-state index in [1.165, 1.54) is 35.2 Å². The van der Waals surface area contributed by atoms with Gasteiger partial charge in [-0.1, -0.05) is 12.1 Å². The fraction of sp³-hybridized carbons (Fsp3) is 0.294. The zero-order valence-corrected chi connectivity index (χ0v) is 16.8. The van der Waals surface area contributed by atoms with Crippen LogP contribution in [0.4, 0.5) is 0 Å². The number of hydrogen-bond acceptors (Lipinski definition) is 11. The van der Waals surface area contributed by atoms with Crippen LogP contribution in [0.25, 0.3) is 11.2 Å². The lowest BCUT2D eigenvalue weighted by Crippen LogP contribution is -2.37. The lowest BCUT2D eigenvalue weighted by atomic mass is 10.1. The van der Waals surface area contributed by atoms with Crippen molar-refractivity contribution in [2.24, 2.45) is 0 Å². The van der Waals surface area contributed by atoms with Gasteiger partial charge in [0.25, 0.3) is 11.5 Å². The van der Waals surface area contributed by atoms with Gasteiger partial charge in [0.05, 0.1) is 24.8 Å². The molecule has 32 heavy (non-hydrogen) atoms. The Balaban J connectivity index is 1.44. The minimum atomic E-state index is -4.65. The number of phenols is 1. The predicted molar refractivity (Wildman–Crippen MR) is 105 cm³/mol. The summed E-state index contributed by atoms with van der Waals surface area (Å²) >= 11 is 0. The fourth-order valence-electron chi connectivity index (χ4n) is 3.17. The lowest BCUT2D eigenvalue weighted by molar-refractivity contribution is -0.0468. The van der Waals surface area contributed by atoms with Gasteiger partial charge in [-0.25, -0.2) is 14.7 Å². The normalized spacial score (nSPS) is 23.4. The smallest absolute Gasteiger partial charge is 0.362 e. The number of amides is 1. The van der Waals surface area contributed by atoms with E-state index in [-0.39, 0.29) is 16.7 Å². The minimum absolute atomic E-state index is 0.0213. The van der Waals surface area contributed by atoms with E-state index in [2.05, 4.69) is 15.0 Å². The van der Waals surface area contributed by atoms with Gasteiger partial charge in [0.1, 0.15) is 24.1 Å². The molecule has 4 unspecified atom stereocenters. The third-order valence-electron chi connectivity index (χ3n) is 4.73. The molecule has 0 aliphatic carbocycles. The molecule has 15 heteroatoms. The fourth-order valence-corrected chi connectivity index (χ4v) is 3.88. The summed E-state index contributed by atoms with van der Waals surface area (Å²) in [5.74, 6) is -1.56. The molecule has 0 radical (unpaired) electrons. The first-order valence-corrected chi connectivity index (χ1v) is 10.5. The molecule has 0 spiro atoms. The summed E-state index contributed by atoms with van der Waals surface area (Å²) in [6.07, 6.45) is -3.34. The standard InChI is InChI=1S/C17H17N5O9S/c23-9-4-2-1-3-8(9)15(26)21-32(28,29)30-5-10-12(24)13(25)17(31-10)22-7-20-11-14(22)18-6-19-16(11)27/h1-4,6-7,10,12-13,17,23-25H,5H2,(H,21,26)(H,18,19,27). The summed E-state index contributed by atoms with van der Waals surface area (Å²) in [6.45, 7) is -0.751. The molecular formula is C17H17N5O9S. The predicted octanol–water partition coefficient (Wildman–Crippen LogP) is -1.86. The molecular weight excluding hydrogens is 450 g/mol. The van der Waals surface area contributed by atoms with Crippen LogP contribution in [0.1, 0.15) is 16.6 Å². The number of benzene rings is 1. The van der Waals surface area contributed by atoms with Crippen LogP contribution < -0.4 is 10.3 Å². The molecule has 1 amide bonds. The number of rotatable bonds is 6. The van der Waals surface area contributed by atoms with Gasteiger partial charge in [-0.15, -0.1) is 0 Å². The van der Waals surface area contributed by atoms with Crippen LogP contribution in [0.3, 0.4) is 0 Å². The average Bonchev–Trinajstić information content (AvgIpc) is 3.29. The highest BCUT2D eigenvalue weighted by atomic mass is 32.2. The minimum Gasteiger partial charge on any atom is -0.507 e. The van der Waals surface area contributed by atoms with Crippen LogP contribution in [0.15, 0.2) is 41.7 Å². The summed E-state index contributed by atoms with van der Waals surface area (Å²) in [5, 5.41) is 30.2. The molecule has 14 nitrogen and oxygen atoms in total. The lowest BCUT2D eigenvalue weighted by Gasteiger charge is -2.16. The van der Waals surface area contributed by atoms with Crippen molar-refractivity contribution >= 4 is 27.4 Å². The van der Waals surface area contributed by atoms with E-state index in [4.69, 9.17) is 8.92 Å². The second kappa shape index (κ2) is 8.29. The summed E-state index contributed by atoms with van der Waals surface area (Å²) in [5.41, 5.74) is -0.754. The second-order valence-electron chi connectivity index (χ2n) is 6.79. The molecule has 1 aliphatic rings. The Bertz CT molecular complexity index is 1320. The van der Waals surface area contributed by atoms with E-state index < -0.39 is 58.7 Å². The number of ether oxygens (including phenoxy) is 1. The van der Waals surface area contributed by atoms with Gasteiger partial charge in [0.2, 0.25) is 0 Å². The number of carbonyl (C=O) groups is 1. The largest absolute Gasteiger partial charge is 0.507 e. The van der Waals surface area contributed by atoms with Gasteiger partial charge in [0, 0.05) is 0 Å². The van der Waals surface area contributed by atoms with E-state index >= 15 is 0 Å². The SMILES string of the molecule is O=C(NS(=O)(=O)OCC1OC(n2cnc3c(=O)[nH]cnc32)C(O)C1O)c1ccccc1O. The maximum absolute atomic E-state index is 12.1. The van der Waals surface area contributed by atoms with Gasteiger partial charge in [-0.05, 0) is 12.1 Å². The van der Waals surface area contributed by atoms with E-state index in [1.54, 1.807) is 4.72 Å². The topological polar surface area (TPSA) is 206 Å². The van der Waals surface area contributed by atoms with Crippen LogP contribution in [0.5, 0.6) is 5.75 Å². The van der Waals surface area contributed by atoms with Gasteiger partial charge in [0.15, 0.2) is 17.4 Å². The van der Waals surface area contributed by atoms with Gasteiger partial charge in [-0.3, -0.25) is 18.3 Å². The number of nitrogens with zero attached hydrogens (tertiary/aromatic N) is 3. The molecule has 170 valence electrons. The zero-order chi connectivity index (χ0) is 23.0. The number of carbonyl (C=O) groups excluding carboxylic acids is 1. The molecule has 0 saturated carbocycles. The van der Waals surface area contributed by atoms with Crippen LogP contribution in [0, 0.1) is 0 Å². The average molecular weight is 467 g/mol. The third-order valence-corrected chi connectivity index (χ3v) is 5.61. The molecule has 0 bridgehead atoms. The highest BCUT2D eigenvalue weighted by Gasteiger charge is 2.45. The summed E-state index contributed by atoms with van der Waals surface area (Å²) in [7, 11) is -4.65. The van der Waals surface area contributed by atoms with Gasteiger partial charge >= 0.3 is 10.3 Å². The van der Waals surface area contributed by atoms with Crippen molar-refractivity contribution in [2.75, 3.05) is 6.61 Å². The number of H-pyrrole nitrogens is 1. The van der Waals surface area contributed by atoms with Crippen molar-refractivity contribution < 1.29 is 37.5 Å². The summed E-state index contributed by atoms with van der Waals surface area (Å²) in [6, 6.07) is 5.29. The van der Waals surface area contributed by atoms with E-state index in [9.17, 15) is 33.3 Å². The molecule has 2 aromatic heterocycles. The van der Waals surface area contributed by atoms with E-state index in [0.29, 0.717) is 0 Å². The van der Waals surface area contributed by atoms with Crippen molar-refractivity contribution in [2.45, 2.75) is 24.5 Å². The molecule has 1 aliphatic heterocycles. The first-order chi connectivity index (χ1) is 15.2. The highest BCUT2D eigenvalue weighted by molar-refractivity contribution is 7.85. The van der Waals surface area contributed by atoms with Crippen LogP contribution in [-0.4, -0.2) is 74.1 Å². The first kappa shape index (κ1) is 21.8. The maximum Gasteiger partial charge on any atom is 0.362 e. The molecule has 4 rings (SSSR count). The Morgan fingerprint density at radius 1 is 1.25 bits per heavy atom. The second-order valence-corrected chi connectivity index (χ2v) is 8.14. The molecule has 1 fully saturated rings.